The zero-order valence-corrected chi connectivity index (χ0v) is 10.6. The van der Waals surface area contributed by atoms with Gasteiger partial charge in [0.15, 0.2) is 0 Å². The van der Waals surface area contributed by atoms with Crippen LogP contribution < -0.4 is 4.74 Å². The van der Waals surface area contributed by atoms with E-state index in [0.29, 0.717) is 5.88 Å². The number of hydrogen-bond acceptors (Lipinski definition) is 4. The molecule has 6 heteroatoms. The highest BCUT2D eigenvalue weighted by atomic mass is 32.2. The van der Waals surface area contributed by atoms with E-state index in [0.717, 1.165) is 23.6 Å². The lowest BCUT2D eigenvalue weighted by Gasteiger charge is -2.07. The van der Waals surface area contributed by atoms with Crippen LogP contribution in [0.15, 0.2) is 6.07 Å². The monoisotopic (exact) mass is 243 g/mol. The first-order valence-electron chi connectivity index (χ1n) is 5.14. The fraction of sp³-hybridized carbons (Fsp3) is 0.600. The number of aromatic amines is 1. The summed E-state index contributed by atoms with van der Waals surface area (Å²) in [7, 11) is 3.26. The van der Waals surface area contributed by atoms with Gasteiger partial charge in [-0.3, -0.25) is 5.10 Å². The molecular formula is C10H17N3O2S. The average molecular weight is 243 g/mol. The number of thioether (sulfide) groups is 1. The van der Waals surface area contributed by atoms with Crippen LogP contribution in [0.4, 0.5) is 4.79 Å². The van der Waals surface area contributed by atoms with Gasteiger partial charge in [-0.15, -0.1) is 5.10 Å². The Morgan fingerprint density at radius 2 is 2.38 bits per heavy atom. The van der Waals surface area contributed by atoms with E-state index in [4.69, 9.17) is 4.74 Å². The average Bonchev–Trinajstić information content (AvgIpc) is 2.66. The van der Waals surface area contributed by atoms with Crippen LogP contribution in [-0.2, 0) is 5.75 Å². The first kappa shape index (κ1) is 12.9. The van der Waals surface area contributed by atoms with E-state index in [9.17, 15) is 4.79 Å². The standard InChI is InChI=1S/C10H17N3O2S/c1-4-5-16-7-8-6-9(12-11-8)15-10(14)13(2)3/h6H,4-5,7H2,1-3H3,(H,11,12). The minimum Gasteiger partial charge on any atom is -0.389 e. The van der Waals surface area contributed by atoms with Crippen molar-refractivity contribution in [3.8, 4) is 5.88 Å². The second-order valence-corrected chi connectivity index (χ2v) is 4.65. The van der Waals surface area contributed by atoms with Gasteiger partial charge in [0, 0.05) is 31.6 Å². The number of carbonyl (C=O) groups excluding carboxylic acids is 1. The molecule has 0 bridgehead atoms. The molecule has 0 spiro atoms. The molecule has 0 aromatic carbocycles. The molecule has 1 amide bonds. The molecule has 1 heterocycles. The van der Waals surface area contributed by atoms with E-state index in [-0.39, 0.29) is 0 Å². The number of nitrogens with one attached hydrogen (secondary N) is 1. The summed E-state index contributed by atoms with van der Waals surface area (Å²) in [6, 6.07) is 1.75. The maximum atomic E-state index is 11.2. The van der Waals surface area contributed by atoms with Crippen LogP contribution in [0.3, 0.4) is 0 Å². The molecule has 0 radical (unpaired) electrons. The molecule has 0 fully saturated rings. The highest BCUT2D eigenvalue weighted by Gasteiger charge is 2.09. The van der Waals surface area contributed by atoms with Gasteiger partial charge in [0.05, 0.1) is 0 Å². The van der Waals surface area contributed by atoms with Crippen molar-refractivity contribution in [1.82, 2.24) is 15.1 Å². The van der Waals surface area contributed by atoms with Crippen LogP contribution in [0.1, 0.15) is 19.0 Å². The van der Waals surface area contributed by atoms with Crippen LogP contribution in [0.5, 0.6) is 5.88 Å². The van der Waals surface area contributed by atoms with Gasteiger partial charge in [0.25, 0.3) is 0 Å². The number of hydrogen-bond donors (Lipinski definition) is 1. The van der Waals surface area contributed by atoms with Crippen LogP contribution in [-0.4, -0.2) is 41.0 Å². The molecule has 0 aliphatic heterocycles. The molecule has 0 saturated heterocycles. The Balaban J connectivity index is 2.42. The third kappa shape index (κ3) is 4.14. The lowest BCUT2D eigenvalue weighted by molar-refractivity contribution is 0.170. The molecule has 0 aliphatic carbocycles. The molecule has 1 aromatic rings. The van der Waals surface area contributed by atoms with Gasteiger partial charge in [-0.25, -0.2) is 4.79 Å². The lowest BCUT2D eigenvalue weighted by Crippen LogP contribution is -2.25. The van der Waals surface area contributed by atoms with Gasteiger partial charge < -0.3 is 9.64 Å². The van der Waals surface area contributed by atoms with Gasteiger partial charge in [0.2, 0.25) is 5.88 Å². The summed E-state index contributed by atoms with van der Waals surface area (Å²) < 4.78 is 5.00. The summed E-state index contributed by atoms with van der Waals surface area (Å²) in [4.78, 5) is 12.6. The van der Waals surface area contributed by atoms with Gasteiger partial charge >= 0.3 is 6.09 Å². The lowest BCUT2D eigenvalue weighted by atomic mass is 10.5. The second kappa shape index (κ2) is 6.42. The van der Waals surface area contributed by atoms with Crippen molar-refractivity contribution in [2.75, 3.05) is 19.8 Å². The Labute approximate surface area is 99.5 Å². The number of aromatic nitrogens is 2. The SMILES string of the molecule is CCCSCc1cc(OC(=O)N(C)C)n[nH]1. The summed E-state index contributed by atoms with van der Waals surface area (Å²) in [6.45, 7) is 2.14. The summed E-state index contributed by atoms with van der Waals surface area (Å²) in [6.07, 6.45) is 0.737. The number of amides is 1. The smallest absolute Gasteiger partial charge is 0.389 e. The molecule has 1 aromatic heterocycles. The van der Waals surface area contributed by atoms with Gasteiger partial charge in [-0.2, -0.15) is 11.8 Å². The Morgan fingerprint density at radius 1 is 1.62 bits per heavy atom. The van der Waals surface area contributed by atoms with Crippen molar-refractivity contribution < 1.29 is 9.53 Å². The number of ether oxygens (including phenoxy) is 1. The molecule has 1 rings (SSSR count). The summed E-state index contributed by atoms with van der Waals surface area (Å²) in [5.41, 5.74) is 0.972. The van der Waals surface area contributed by atoms with Crippen molar-refractivity contribution in [3.63, 3.8) is 0 Å². The Morgan fingerprint density at radius 3 is 3.00 bits per heavy atom. The summed E-state index contributed by atoms with van der Waals surface area (Å²) in [5.74, 6) is 2.30. The van der Waals surface area contributed by atoms with E-state index >= 15 is 0 Å². The first-order valence-corrected chi connectivity index (χ1v) is 6.30. The van der Waals surface area contributed by atoms with Crippen LogP contribution >= 0.6 is 11.8 Å². The maximum Gasteiger partial charge on any atom is 0.416 e. The van der Waals surface area contributed by atoms with Crippen molar-refractivity contribution in [2.24, 2.45) is 0 Å². The normalized spacial score (nSPS) is 10.2. The molecule has 5 nitrogen and oxygen atoms in total. The molecule has 90 valence electrons. The minimum atomic E-state index is -0.417. The Bertz CT molecular complexity index is 339. The van der Waals surface area contributed by atoms with Crippen LogP contribution in [0.2, 0.25) is 0 Å². The van der Waals surface area contributed by atoms with E-state index in [1.807, 2.05) is 11.8 Å². The van der Waals surface area contributed by atoms with E-state index < -0.39 is 6.09 Å². The number of nitrogens with zero attached hydrogens (tertiary/aromatic N) is 2. The Hall–Kier alpha value is -1.17. The predicted molar refractivity (Wildman–Crippen MR) is 64.8 cm³/mol. The molecule has 0 aliphatic rings. The van der Waals surface area contributed by atoms with Crippen molar-refractivity contribution in [1.29, 1.82) is 0 Å². The molecule has 16 heavy (non-hydrogen) atoms. The first-order chi connectivity index (χ1) is 7.63. The summed E-state index contributed by atoms with van der Waals surface area (Å²) >= 11 is 1.82. The fourth-order valence-electron chi connectivity index (χ4n) is 0.974. The maximum absolute atomic E-state index is 11.2. The van der Waals surface area contributed by atoms with Gasteiger partial charge in [-0.05, 0) is 12.2 Å². The topological polar surface area (TPSA) is 58.2 Å². The summed E-state index contributed by atoms with van der Waals surface area (Å²) in [5, 5.41) is 6.75. The third-order valence-electron chi connectivity index (χ3n) is 1.77. The number of rotatable bonds is 5. The number of carbonyl (C=O) groups is 1. The van der Waals surface area contributed by atoms with Crippen LogP contribution in [0.25, 0.3) is 0 Å². The van der Waals surface area contributed by atoms with E-state index in [1.54, 1.807) is 20.2 Å². The highest BCUT2D eigenvalue weighted by molar-refractivity contribution is 7.98. The fourth-order valence-corrected chi connectivity index (χ4v) is 1.77. The quantitative estimate of drug-likeness (QED) is 0.805. The molecule has 1 N–H and O–H groups in total. The van der Waals surface area contributed by atoms with E-state index in [2.05, 4.69) is 17.1 Å². The molecule has 0 unspecified atom stereocenters. The van der Waals surface area contributed by atoms with Crippen molar-refractivity contribution in [3.05, 3.63) is 11.8 Å². The van der Waals surface area contributed by atoms with Gasteiger partial charge in [-0.1, -0.05) is 6.92 Å². The van der Waals surface area contributed by atoms with Crippen LogP contribution in [0, 0.1) is 0 Å². The molecular weight excluding hydrogens is 226 g/mol. The zero-order chi connectivity index (χ0) is 12.0. The minimum absolute atomic E-state index is 0.325. The highest BCUT2D eigenvalue weighted by Crippen LogP contribution is 2.15. The predicted octanol–water partition coefficient (Wildman–Crippen LogP) is 2.11. The van der Waals surface area contributed by atoms with Gasteiger partial charge in [0.1, 0.15) is 0 Å². The Kier molecular flexibility index (Phi) is 5.18. The second-order valence-electron chi connectivity index (χ2n) is 3.55. The van der Waals surface area contributed by atoms with E-state index in [1.165, 1.54) is 4.90 Å². The zero-order valence-electron chi connectivity index (χ0n) is 9.82. The number of H-pyrrole nitrogens is 1. The van der Waals surface area contributed by atoms with Crippen molar-refractivity contribution >= 4 is 17.9 Å². The third-order valence-corrected chi connectivity index (χ3v) is 2.98. The largest absolute Gasteiger partial charge is 0.416 e. The molecule has 0 atom stereocenters. The molecule has 0 saturated carbocycles. The van der Waals surface area contributed by atoms with Crippen molar-refractivity contribution in [2.45, 2.75) is 19.1 Å².